The first kappa shape index (κ1) is 18.3. The predicted molar refractivity (Wildman–Crippen MR) is 95.4 cm³/mol. The second-order valence-electron chi connectivity index (χ2n) is 10.1. The minimum Gasteiger partial charge on any atom is -0.393 e. The van der Waals surface area contributed by atoms with Crippen molar-refractivity contribution in [2.45, 2.75) is 70.2 Å². The minimum atomic E-state index is -1.22. The number of carbonyl (C=O) groups is 1. The number of hydrogen-bond donors (Lipinski definition) is 3. The molecule has 6 heteroatoms. The summed E-state index contributed by atoms with van der Waals surface area (Å²) in [7, 11) is 1.56. The van der Waals surface area contributed by atoms with Crippen LogP contribution in [0.5, 0.6) is 0 Å². The molecule has 3 N–H and O–H groups in total. The van der Waals surface area contributed by atoms with Crippen molar-refractivity contribution in [2.75, 3.05) is 7.11 Å². The zero-order chi connectivity index (χ0) is 19.5. The van der Waals surface area contributed by atoms with E-state index in [1.165, 1.54) is 0 Å². The molecular formula is C21H30O6. The molecule has 2 spiro atoms. The van der Waals surface area contributed by atoms with Crippen LogP contribution in [0.1, 0.15) is 39.5 Å². The van der Waals surface area contributed by atoms with Gasteiger partial charge in [0.05, 0.1) is 35.2 Å². The number of hydrogen-bond acceptors (Lipinski definition) is 6. The molecule has 0 aromatic carbocycles. The Morgan fingerprint density at radius 2 is 1.93 bits per heavy atom. The summed E-state index contributed by atoms with van der Waals surface area (Å²) in [5, 5.41) is 33.9. The zero-order valence-electron chi connectivity index (χ0n) is 16.2. The highest BCUT2D eigenvalue weighted by Crippen LogP contribution is 2.75. The van der Waals surface area contributed by atoms with Crippen LogP contribution >= 0.6 is 0 Å². The number of ether oxygens (including phenoxy) is 2. The summed E-state index contributed by atoms with van der Waals surface area (Å²) in [6.07, 6.45) is -1.44. The summed E-state index contributed by atoms with van der Waals surface area (Å²) in [5.41, 5.74) is -1.83. The van der Waals surface area contributed by atoms with E-state index in [1.807, 2.05) is 0 Å². The van der Waals surface area contributed by atoms with E-state index in [9.17, 15) is 20.1 Å². The average molecular weight is 378 g/mol. The normalized spacial score (nSPS) is 58.1. The topological polar surface area (TPSA) is 96.2 Å². The van der Waals surface area contributed by atoms with Crippen LogP contribution in [0.25, 0.3) is 0 Å². The molecule has 6 nitrogen and oxygen atoms in total. The van der Waals surface area contributed by atoms with E-state index < -0.39 is 53.4 Å². The lowest BCUT2D eigenvalue weighted by atomic mass is 9.36. The van der Waals surface area contributed by atoms with Crippen molar-refractivity contribution in [1.29, 1.82) is 0 Å². The molecule has 0 aromatic heterocycles. The number of fused-ring (bicyclic) bond motifs is 2. The fourth-order valence-electron chi connectivity index (χ4n) is 8.06. The van der Waals surface area contributed by atoms with Gasteiger partial charge in [-0.3, -0.25) is 4.79 Å². The van der Waals surface area contributed by atoms with Crippen LogP contribution in [0.3, 0.4) is 0 Å². The molecule has 27 heavy (non-hydrogen) atoms. The number of aliphatic hydroxyl groups excluding tert-OH is 3. The molecule has 4 aliphatic carbocycles. The second-order valence-corrected chi connectivity index (χ2v) is 10.1. The van der Waals surface area contributed by atoms with E-state index in [0.29, 0.717) is 24.8 Å². The van der Waals surface area contributed by atoms with Gasteiger partial charge in [-0.1, -0.05) is 20.4 Å². The van der Waals surface area contributed by atoms with E-state index in [2.05, 4.69) is 20.4 Å². The highest BCUT2D eigenvalue weighted by molar-refractivity contribution is 6.04. The Balaban J connectivity index is 1.79. The standard InChI is InChI=1S/C21H30O6/c1-9-10-7-11(22)15-20-12(19(2,3)6-5-13(20)23)8-14(27-18(20)26-4)21(15,16(9)24)17(10)25/h10-15,17-18,22-23,25H,1,5-8H2,2-4H3/t10-,11-,12+,13+,14-,15-,17+,18+,20+,21+/m0/s1. The maximum atomic E-state index is 13.4. The average Bonchev–Trinajstić information content (AvgIpc) is 2.75. The molecule has 4 saturated carbocycles. The Hall–Kier alpha value is -0.790. The summed E-state index contributed by atoms with van der Waals surface area (Å²) in [6, 6.07) is 0. The number of methoxy groups -OCH3 is 1. The lowest BCUT2D eigenvalue weighted by molar-refractivity contribution is -0.415. The summed E-state index contributed by atoms with van der Waals surface area (Å²) >= 11 is 0. The van der Waals surface area contributed by atoms with Gasteiger partial charge in [-0.05, 0) is 42.6 Å². The third-order valence-electron chi connectivity index (χ3n) is 9.02. The first-order valence-corrected chi connectivity index (χ1v) is 10.1. The maximum Gasteiger partial charge on any atom is 0.170 e. The molecule has 6 fully saturated rings. The third kappa shape index (κ3) is 1.71. The van der Waals surface area contributed by atoms with Crippen molar-refractivity contribution in [1.82, 2.24) is 0 Å². The summed E-state index contributed by atoms with van der Waals surface area (Å²) < 4.78 is 12.0. The van der Waals surface area contributed by atoms with Crippen LogP contribution in [0.4, 0.5) is 0 Å². The summed E-state index contributed by atoms with van der Waals surface area (Å²) in [5.74, 6) is -1.18. The van der Waals surface area contributed by atoms with Crippen LogP contribution in [0.15, 0.2) is 12.2 Å². The Bertz CT molecular complexity index is 717. The number of aliphatic hydroxyl groups is 3. The second kappa shape index (κ2) is 5.22. The van der Waals surface area contributed by atoms with Gasteiger partial charge in [0.1, 0.15) is 0 Å². The lowest BCUT2D eigenvalue weighted by Crippen LogP contribution is -2.81. The third-order valence-corrected chi connectivity index (χ3v) is 9.02. The van der Waals surface area contributed by atoms with E-state index >= 15 is 0 Å². The molecule has 2 aliphatic heterocycles. The number of ketones is 1. The van der Waals surface area contributed by atoms with Crippen molar-refractivity contribution < 1.29 is 29.6 Å². The first-order valence-electron chi connectivity index (χ1n) is 10.1. The van der Waals surface area contributed by atoms with Gasteiger partial charge in [0.2, 0.25) is 0 Å². The first-order chi connectivity index (χ1) is 12.6. The molecule has 0 aromatic rings. The number of rotatable bonds is 1. The van der Waals surface area contributed by atoms with Crippen LogP contribution in [-0.4, -0.2) is 58.9 Å². The van der Waals surface area contributed by atoms with Gasteiger partial charge >= 0.3 is 0 Å². The van der Waals surface area contributed by atoms with Crippen molar-refractivity contribution in [3.05, 3.63) is 12.2 Å². The molecule has 0 unspecified atom stereocenters. The monoisotopic (exact) mass is 378 g/mol. The van der Waals surface area contributed by atoms with Gasteiger partial charge in [0.25, 0.3) is 0 Å². The number of carbonyl (C=O) groups excluding carboxylic acids is 1. The Morgan fingerprint density at radius 3 is 2.59 bits per heavy atom. The predicted octanol–water partition coefficient (Wildman–Crippen LogP) is 1.03. The Morgan fingerprint density at radius 1 is 1.22 bits per heavy atom. The maximum absolute atomic E-state index is 13.4. The fraction of sp³-hybridized carbons (Fsp3) is 0.857. The molecule has 0 amide bonds. The van der Waals surface area contributed by atoms with E-state index in [4.69, 9.17) is 9.47 Å². The molecule has 150 valence electrons. The highest BCUT2D eigenvalue weighted by Gasteiger charge is 2.83. The SMILES string of the molecule is C=C1C(=O)[C@@]23[C@@H]4C[C@@H]5C(C)(C)CC[C@@H](O)[C@@]5([C@H](OC)O4)[C@@H]2[C@@H](O)C[C@@H]1[C@H]3O. The van der Waals surface area contributed by atoms with Gasteiger partial charge < -0.3 is 24.8 Å². The molecule has 10 atom stereocenters. The van der Waals surface area contributed by atoms with Gasteiger partial charge in [0.15, 0.2) is 12.1 Å². The van der Waals surface area contributed by atoms with Gasteiger partial charge in [-0.2, -0.15) is 0 Å². The molecule has 6 aliphatic rings. The lowest BCUT2D eigenvalue weighted by Gasteiger charge is -2.73. The highest BCUT2D eigenvalue weighted by atomic mass is 16.7. The molecule has 2 saturated heterocycles. The van der Waals surface area contributed by atoms with Crippen LogP contribution in [0, 0.1) is 34.0 Å². The molecular weight excluding hydrogens is 348 g/mol. The van der Waals surface area contributed by atoms with Crippen LogP contribution < -0.4 is 0 Å². The van der Waals surface area contributed by atoms with Crippen molar-refractivity contribution >= 4 is 5.78 Å². The van der Waals surface area contributed by atoms with Crippen molar-refractivity contribution in [3.8, 4) is 0 Å². The molecule has 4 bridgehead atoms. The number of Topliss-reactive ketones (excluding diaryl/α,β-unsaturated/α-hetero) is 1. The van der Waals surface area contributed by atoms with Gasteiger partial charge in [-0.15, -0.1) is 0 Å². The zero-order valence-corrected chi connectivity index (χ0v) is 16.2. The van der Waals surface area contributed by atoms with E-state index in [-0.39, 0.29) is 17.1 Å². The van der Waals surface area contributed by atoms with E-state index in [0.717, 1.165) is 6.42 Å². The largest absolute Gasteiger partial charge is 0.393 e. The Kier molecular flexibility index (Phi) is 3.53. The van der Waals surface area contributed by atoms with Crippen LogP contribution in [0.2, 0.25) is 0 Å². The molecule has 2 heterocycles. The van der Waals surface area contributed by atoms with Gasteiger partial charge in [-0.25, -0.2) is 0 Å². The Labute approximate surface area is 159 Å². The quantitative estimate of drug-likeness (QED) is 0.590. The van der Waals surface area contributed by atoms with Crippen molar-refractivity contribution in [3.63, 3.8) is 0 Å². The van der Waals surface area contributed by atoms with Crippen molar-refractivity contribution in [2.24, 2.45) is 34.0 Å². The van der Waals surface area contributed by atoms with E-state index in [1.54, 1.807) is 7.11 Å². The van der Waals surface area contributed by atoms with Gasteiger partial charge in [0, 0.05) is 18.9 Å². The minimum absolute atomic E-state index is 0.0353. The molecule has 6 rings (SSSR count). The summed E-state index contributed by atoms with van der Waals surface area (Å²) in [4.78, 5) is 13.4. The summed E-state index contributed by atoms with van der Waals surface area (Å²) in [6.45, 7) is 8.33. The smallest absolute Gasteiger partial charge is 0.170 e. The molecule has 0 radical (unpaired) electrons. The fourth-order valence-corrected chi connectivity index (χ4v) is 8.06. The van der Waals surface area contributed by atoms with Crippen LogP contribution in [-0.2, 0) is 14.3 Å².